The summed E-state index contributed by atoms with van der Waals surface area (Å²) in [5, 5.41) is 3.45. The van der Waals surface area contributed by atoms with Crippen molar-refractivity contribution in [1.82, 2.24) is 19.9 Å². The highest BCUT2D eigenvalue weighted by molar-refractivity contribution is 5.59. The van der Waals surface area contributed by atoms with E-state index in [0.29, 0.717) is 6.61 Å². The van der Waals surface area contributed by atoms with E-state index in [2.05, 4.69) is 52.3 Å². The molecule has 0 fully saturated rings. The van der Waals surface area contributed by atoms with Crippen molar-refractivity contribution in [3.05, 3.63) is 71.4 Å². The molecule has 0 aliphatic carbocycles. The minimum Gasteiger partial charge on any atom is -0.367 e. The number of rotatable bonds is 5. The summed E-state index contributed by atoms with van der Waals surface area (Å²) in [4.78, 5) is 9.25. The predicted octanol–water partition coefficient (Wildman–Crippen LogP) is 3.25. The number of pyridine rings is 1. The van der Waals surface area contributed by atoms with Crippen molar-refractivity contribution in [2.24, 2.45) is 0 Å². The highest BCUT2D eigenvalue weighted by Crippen LogP contribution is 2.22. The largest absolute Gasteiger partial charge is 0.367 e. The molecule has 0 amide bonds. The fourth-order valence-corrected chi connectivity index (χ4v) is 3.24. The van der Waals surface area contributed by atoms with E-state index in [1.165, 1.54) is 5.56 Å². The number of aromatic nitrogens is 3. The zero-order chi connectivity index (χ0) is 17.9. The summed E-state index contributed by atoms with van der Waals surface area (Å²) >= 11 is 0. The zero-order valence-corrected chi connectivity index (χ0v) is 15.3. The fraction of sp³-hybridized carbons (Fsp3) is 0.333. The lowest BCUT2D eigenvalue weighted by Gasteiger charge is -2.24. The first-order chi connectivity index (χ1) is 12.7. The number of nitrogens with one attached hydrogen (secondary N) is 1. The van der Waals surface area contributed by atoms with Crippen LogP contribution >= 0.6 is 0 Å². The van der Waals surface area contributed by atoms with Gasteiger partial charge < -0.3 is 14.6 Å². The van der Waals surface area contributed by atoms with Crippen molar-refractivity contribution >= 4 is 0 Å². The maximum atomic E-state index is 5.97. The van der Waals surface area contributed by atoms with Gasteiger partial charge in [-0.3, -0.25) is 4.98 Å². The van der Waals surface area contributed by atoms with Gasteiger partial charge in [-0.25, -0.2) is 4.98 Å². The molecular formula is C21H24N4O. The third kappa shape index (κ3) is 3.84. The second-order valence-electron chi connectivity index (χ2n) is 6.89. The van der Waals surface area contributed by atoms with Crippen molar-refractivity contribution in [2.75, 3.05) is 6.54 Å². The molecule has 1 aliphatic rings. The number of aryl methyl sites for hydroxylation is 2. The van der Waals surface area contributed by atoms with Gasteiger partial charge in [-0.15, -0.1) is 0 Å². The molecule has 1 aliphatic heterocycles. The van der Waals surface area contributed by atoms with Crippen LogP contribution in [0.5, 0.6) is 0 Å². The lowest BCUT2D eigenvalue weighted by Crippen LogP contribution is -2.36. The standard InChI is InChI=1S/C21H24N4O/c1-15-6-8-17(9-7-15)20-13-25-12-19(26-14-21(25)24-20)11-22-10-18-5-3-4-16(2)23-18/h3-9,13,19,22H,10-12,14H2,1-2H3. The van der Waals surface area contributed by atoms with Gasteiger partial charge in [0.25, 0.3) is 0 Å². The Kier molecular flexibility index (Phi) is 4.82. The van der Waals surface area contributed by atoms with Crippen LogP contribution in [0.4, 0.5) is 0 Å². The van der Waals surface area contributed by atoms with Crippen LogP contribution in [-0.4, -0.2) is 27.2 Å². The van der Waals surface area contributed by atoms with Crippen molar-refractivity contribution < 1.29 is 4.74 Å². The summed E-state index contributed by atoms with van der Waals surface area (Å²) in [7, 11) is 0. The van der Waals surface area contributed by atoms with Crippen molar-refractivity contribution in [1.29, 1.82) is 0 Å². The Morgan fingerprint density at radius 1 is 1.12 bits per heavy atom. The highest BCUT2D eigenvalue weighted by Gasteiger charge is 2.21. The average molecular weight is 348 g/mol. The van der Waals surface area contributed by atoms with Gasteiger partial charge in [-0.2, -0.15) is 0 Å². The van der Waals surface area contributed by atoms with Crippen LogP contribution in [0.15, 0.2) is 48.7 Å². The lowest BCUT2D eigenvalue weighted by atomic mass is 10.1. The maximum absolute atomic E-state index is 5.97. The van der Waals surface area contributed by atoms with Gasteiger partial charge in [-0.1, -0.05) is 35.9 Å². The minimum absolute atomic E-state index is 0.146. The van der Waals surface area contributed by atoms with Crippen LogP contribution in [0, 0.1) is 13.8 Å². The third-order valence-corrected chi connectivity index (χ3v) is 4.68. The monoisotopic (exact) mass is 348 g/mol. The number of nitrogens with zero attached hydrogens (tertiary/aromatic N) is 3. The van der Waals surface area contributed by atoms with Crippen LogP contribution in [-0.2, 0) is 24.4 Å². The van der Waals surface area contributed by atoms with Gasteiger partial charge in [-0.05, 0) is 26.0 Å². The van der Waals surface area contributed by atoms with E-state index in [-0.39, 0.29) is 6.10 Å². The Labute approximate surface area is 154 Å². The molecule has 1 unspecified atom stereocenters. The number of benzene rings is 1. The van der Waals surface area contributed by atoms with Gasteiger partial charge in [0.05, 0.1) is 24.0 Å². The summed E-state index contributed by atoms with van der Waals surface area (Å²) in [5.41, 5.74) is 5.53. The molecule has 0 spiro atoms. The van der Waals surface area contributed by atoms with Crippen LogP contribution in [0.25, 0.3) is 11.3 Å². The molecule has 0 bridgehead atoms. The van der Waals surface area contributed by atoms with E-state index in [0.717, 1.165) is 48.1 Å². The summed E-state index contributed by atoms with van der Waals surface area (Å²) in [6, 6.07) is 14.6. The highest BCUT2D eigenvalue weighted by atomic mass is 16.5. The lowest BCUT2D eigenvalue weighted by molar-refractivity contribution is 0.00274. The van der Waals surface area contributed by atoms with Gasteiger partial charge in [0.1, 0.15) is 12.4 Å². The molecule has 1 N–H and O–H groups in total. The quantitative estimate of drug-likeness (QED) is 0.769. The first kappa shape index (κ1) is 16.9. The molecule has 5 nitrogen and oxygen atoms in total. The topological polar surface area (TPSA) is 52.0 Å². The van der Waals surface area contributed by atoms with E-state index >= 15 is 0 Å². The molecule has 3 aromatic rings. The number of imidazole rings is 1. The molecular weight excluding hydrogens is 324 g/mol. The van der Waals surface area contributed by atoms with Gasteiger partial charge in [0.15, 0.2) is 0 Å². The summed E-state index contributed by atoms with van der Waals surface area (Å²) < 4.78 is 8.19. The second-order valence-corrected chi connectivity index (χ2v) is 6.89. The van der Waals surface area contributed by atoms with Crippen LogP contribution in [0.1, 0.15) is 22.8 Å². The molecule has 5 heteroatoms. The van der Waals surface area contributed by atoms with E-state index in [1.54, 1.807) is 0 Å². The Bertz CT molecular complexity index is 885. The van der Waals surface area contributed by atoms with Gasteiger partial charge in [0.2, 0.25) is 0 Å². The van der Waals surface area contributed by atoms with E-state index < -0.39 is 0 Å². The number of ether oxygens (including phenoxy) is 1. The SMILES string of the molecule is Cc1ccc(-c2cn3c(n2)COC(CNCc2cccc(C)n2)C3)cc1. The van der Waals surface area contributed by atoms with E-state index in [1.807, 2.05) is 25.1 Å². The molecule has 134 valence electrons. The molecule has 1 atom stereocenters. The van der Waals surface area contributed by atoms with Crippen molar-refractivity contribution in [3.8, 4) is 11.3 Å². The maximum Gasteiger partial charge on any atom is 0.135 e. The third-order valence-electron chi connectivity index (χ3n) is 4.68. The summed E-state index contributed by atoms with van der Waals surface area (Å²) in [6.07, 6.45) is 2.28. The van der Waals surface area contributed by atoms with E-state index in [4.69, 9.17) is 9.72 Å². The van der Waals surface area contributed by atoms with Crippen molar-refractivity contribution in [3.63, 3.8) is 0 Å². The van der Waals surface area contributed by atoms with E-state index in [9.17, 15) is 0 Å². The second kappa shape index (κ2) is 7.40. The summed E-state index contributed by atoms with van der Waals surface area (Å²) in [6.45, 7) is 7.04. The molecule has 4 rings (SSSR count). The summed E-state index contributed by atoms with van der Waals surface area (Å²) in [5.74, 6) is 0.997. The first-order valence-corrected chi connectivity index (χ1v) is 9.05. The van der Waals surface area contributed by atoms with Crippen LogP contribution in [0.2, 0.25) is 0 Å². The molecule has 2 aromatic heterocycles. The molecule has 0 saturated carbocycles. The normalized spacial score (nSPS) is 16.5. The average Bonchev–Trinajstić information content (AvgIpc) is 3.06. The Morgan fingerprint density at radius 2 is 1.96 bits per heavy atom. The molecule has 1 aromatic carbocycles. The molecule has 0 radical (unpaired) electrons. The van der Waals surface area contributed by atoms with Crippen LogP contribution in [0.3, 0.4) is 0 Å². The van der Waals surface area contributed by atoms with Gasteiger partial charge in [0, 0.05) is 30.5 Å². The fourth-order valence-electron chi connectivity index (χ4n) is 3.24. The first-order valence-electron chi connectivity index (χ1n) is 9.05. The predicted molar refractivity (Wildman–Crippen MR) is 102 cm³/mol. The number of hydrogen-bond acceptors (Lipinski definition) is 4. The van der Waals surface area contributed by atoms with Crippen LogP contribution < -0.4 is 5.32 Å². The Balaban J connectivity index is 1.36. The number of hydrogen-bond donors (Lipinski definition) is 1. The minimum atomic E-state index is 0.146. The van der Waals surface area contributed by atoms with Crippen molar-refractivity contribution in [2.45, 2.75) is 39.6 Å². The number of fused-ring (bicyclic) bond motifs is 1. The smallest absolute Gasteiger partial charge is 0.135 e. The van der Waals surface area contributed by atoms with Gasteiger partial charge >= 0.3 is 0 Å². The Hall–Kier alpha value is -2.50. The molecule has 26 heavy (non-hydrogen) atoms. The molecule has 3 heterocycles. The zero-order valence-electron chi connectivity index (χ0n) is 15.3. The Morgan fingerprint density at radius 3 is 2.77 bits per heavy atom. The molecule has 0 saturated heterocycles.